The number of nitrogens with two attached hydrogens (primary N) is 5. The molecule has 4 amide bonds. The molecule has 4 atom stereocenters. The molecule has 0 aliphatic heterocycles. The van der Waals surface area contributed by atoms with Crippen molar-refractivity contribution >= 4 is 41.5 Å². The van der Waals surface area contributed by atoms with E-state index in [9.17, 15) is 33.9 Å². The molecule has 0 saturated carbocycles. The van der Waals surface area contributed by atoms with Gasteiger partial charge in [-0.25, -0.2) is 4.79 Å². The number of aliphatic carboxylic acids is 2. The smallest absolute Gasteiger partial charge is 0.326 e. The molecule has 15 N–H and O–H groups in total. The lowest BCUT2D eigenvalue weighted by Crippen LogP contribution is -2.57. The van der Waals surface area contributed by atoms with Crippen LogP contribution >= 0.6 is 0 Å². The van der Waals surface area contributed by atoms with E-state index in [1.165, 1.54) is 0 Å². The molecule has 39 heavy (non-hydrogen) atoms. The number of carbonyl (C=O) groups excluding carboxylic acids is 4. The van der Waals surface area contributed by atoms with Gasteiger partial charge < -0.3 is 54.8 Å². The Morgan fingerprint density at radius 2 is 1.23 bits per heavy atom. The van der Waals surface area contributed by atoms with Gasteiger partial charge in [-0.3, -0.25) is 29.0 Å². The number of amides is 4. The predicted octanol–water partition coefficient (Wildman–Crippen LogP) is -3.83. The second-order valence-corrected chi connectivity index (χ2v) is 8.80. The minimum Gasteiger partial charge on any atom is -0.481 e. The molecule has 17 nitrogen and oxygen atoms in total. The van der Waals surface area contributed by atoms with Crippen molar-refractivity contribution in [2.75, 3.05) is 13.1 Å². The van der Waals surface area contributed by atoms with Gasteiger partial charge in [0, 0.05) is 19.4 Å². The molecule has 4 unspecified atom stereocenters. The Labute approximate surface area is 225 Å². The molecule has 0 aliphatic rings. The summed E-state index contributed by atoms with van der Waals surface area (Å²) in [6.45, 7) is 0.499. The van der Waals surface area contributed by atoms with Crippen LogP contribution in [0.2, 0.25) is 0 Å². The Hall–Kier alpha value is -3.99. The van der Waals surface area contributed by atoms with Gasteiger partial charge in [0.1, 0.15) is 18.1 Å². The average Bonchev–Trinajstić information content (AvgIpc) is 2.84. The molecule has 0 heterocycles. The normalized spacial score (nSPS) is 13.7. The van der Waals surface area contributed by atoms with Crippen molar-refractivity contribution in [3.8, 4) is 0 Å². The molecule has 0 fully saturated rings. The van der Waals surface area contributed by atoms with E-state index < -0.39 is 66.2 Å². The summed E-state index contributed by atoms with van der Waals surface area (Å²) >= 11 is 0. The summed E-state index contributed by atoms with van der Waals surface area (Å²) < 4.78 is 0. The zero-order chi connectivity index (χ0) is 30.0. The highest BCUT2D eigenvalue weighted by molar-refractivity contribution is 5.94. The Morgan fingerprint density at radius 1 is 0.692 bits per heavy atom. The zero-order valence-electron chi connectivity index (χ0n) is 21.8. The first-order chi connectivity index (χ1) is 18.3. The Bertz CT molecular complexity index is 880. The first kappa shape index (κ1) is 35.0. The van der Waals surface area contributed by atoms with Gasteiger partial charge >= 0.3 is 11.9 Å². The average molecular weight is 560 g/mol. The number of aliphatic imine (C=N–C) groups is 1. The van der Waals surface area contributed by atoms with Crippen molar-refractivity contribution < 1.29 is 39.0 Å². The van der Waals surface area contributed by atoms with Gasteiger partial charge in [0.05, 0.1) is 6.04 Å². The molecule has 0 aromatic carbocycles. The number of nitrogens with zero attached hydrogens (tertiary/aromatic N) is 1. The van der Waals surface area contributed by atoms with E-state index in [1.807, 2.05) is 0 Å². The number of rotatable bonds is 21. The molecule has 0 aromatic rings. The van der Waals surface area contributed by atoms with Gasteiger partial charge in [-0.1, -0.05) is 6.42 Å². The first-order valence-corrected chi connectivity index (χ1v) is 12.4. The summed E-state index contributed by atoms with van der Waals surface area (Å²) in [6, 6.07) is -5.12. The second-order valence-electron chi connectivity index (χ2n) is 8.80. The topological polar surface area (TPSA) is 321 Å². The van der Waals surface area contributed by atoms with Crippen LogP contribution in [-0.4, -0.2) is 89.0 Å². The molecular formula is C22H41N9O8. The molecule has 0 aromatic heterocycles. The predicted molar refractivity (Wildman–Crippen MR) is 140 cm³/mol. The van der Waals surface area contributed by atoms with Gasteiger partial charge in [0.25, 0.3) is 0 Å². The van der Waals surface area contributed by atoms with Crippen LogP contribution in [0.4, 0.5) is 0 Å². The number of hydrogen-bond donors (Lipinski definition) is 10. The largest absolute Gasteiger partial charge is 0.481 e. The van der Waals surface area contributed by atoms with Gasteiger partial charge in [-0.2, -0.15) is 0 Å². The van der Waals surface area contributed by atoms with Crippen LogP contribution in [0.5, 0.6) is 0 Å². The third-order valence-corrected chi connectivity index (χ3v) is 5.46. The number of carboxylic acids is 2. The van der Waals surface area contributed by atoms with Gasteiger partial charge in [0.2, 0.25) is 23.6 Å². The molecule has 0 bridgehead atoms. The Morgan fingerprint density at radius 3 is 1.74 bits per heavy atom. The van der Waals surface area contributed by atoms with E-state index in [-0.39, 0.29) is 51.0 Å². The summed E-state index contributed by atoms with van der Waals surface area (Å²) in [7, 11) is 0. The SMILES string of the molecule is NCCCCC(N)C(=O)NC(CCC(=O)O)C(=O)NC(CCCN=C(N)N)C(=O)NC(CCC(N)=O)C(=O)O. The lowest BCUT2D eigenvalue weighted by atomic mass is 10.0. The number of primary amides is 1. The molecule has 0 rings (SSSR count). The van der Waals surface area contributed by atoms with Crippen LogP contribution in [0.3, 0.4) is 0 Å². The van der Waals surface area contributed by atoms with Crippen molar-refractivity contribution in [1.82, 2.24) is 16.0 Å². The summed E-state index contributed by atoms with van der Waals surface area (Å²) in [5, 5.41) is 25.5. The molecular weight excluding hydrogens is 518 g/mol. The third-order valence-electron chi connectivity index (χ3n) is 5.46. The highest BCUT2D eigenvalue weighted by Gasteiger charge is 2.30. The van der Waals surface area contributed by atoms with Crippen LogP contribution in [-0.2, 0) is 28.8 Å². The summed E-state index contributed by atoms with van der Waals surface area (Å²) in [4.78, 5) is 76.0. The van der Waals surface area contributed by atoms with Crippen molar-refractivity contribution in [3.63, 3.8) is 0 Å². The van der Waals surface area contributed by atoms with E-state index in [2.05, 4.69) is 20.9 Å². The van der Waals surface area contributed by atoms with Crippen LogP contribution in [0, 0.1) is 0 Å². The third kappa shape index (κ3) is 16.5. The monoisotopic (exact) mass is 559 g/mol. The number of carboxylic acid groups (broad SMARTS) is 2. The number of carbonyl (C=O) groups is 6. The van der Waals surface area contributed by atoms with E-state index in [4.69, 9.17) is 33.8 Å². The highest BCUT2D eigenvalue weighted by Crippen LogP contribution is 2.07. The maximum absolute atomic E-state index is 13.1. The standard InChI is InChI=1S/C22H41N9O8/c23-10-2-1-4-12(24)18(35)29-14(7-9-17(33)34)20(37)30-13(5-3-11-28-22(26)27)19(36)31-15(21(38)39)6-8-16(25)32/h12-15H,1-11,23-24H2,(H2,25,32)(H,29,35)(H,30,37)(H,31,36)(H,33,34)(H,38,39)(H4,26,27,28). The molecule has 0 radical (unpaired) electrons. The Balaban J connectivity index is 5.67. The summed E-state index contributed by atoms with van der Waals surface area (Å²) in [5.41, 5.74) is 26.9. The van der Waals surface area contributed by atoms with Crippen LogP contribution < -0.4 is 44.6 Å². The molecule has 0 aliphatic carbocycles. The maximum Gasteiger partial charge on any atom is 0.326 e. The van der Waals surface area contributed by atoms with Crippen LogP contribution in [0.1, 0.15) is 57.8 Å². The fraction of sp³-hybridized carbons (Fsp3) is 0.682. The molecule has 17 heteroatoms. The van der Waals surface area contributed by atoms with Gasteiger partial charge in [0.15, 0.2) is 5.96 Å². The van der Waals surface area contributed by atoms with Crippen molar-refractivity contribution in [1.29, 1.82) is 0 Å². The number of nitrogens with one attached hydrogen (secondary N) is 3. The van der Waals surface area contributed by atoms with Crippen molar-refractivity contribution in [3.05, 3.63) is 0 Å². The minimum atomic E-state index is -1.48. The Kier molecular flexibility index (Phi) is 17.2. The summed E-state index contributed by atoms with van der Waals surface area (Å²) in [5.74, 6) is -6.09. The number of unbranched alkanes of at least 4 members (excludes halogenated alkanes) is 1. The lowest BCUT2D eigenvalue weighted by molar-refractivity contribution is -0.142. The fourth-order valence-electron chi connectivity index (χ4n) is 3.32. The van der Waals surface area contributed by atoms with Crippen molar-refractivity contribution in [2.45, 2.75) is 82.0 Å². The quantitative estimate of drug-likeness (QED) is 0.0367. The number of guanidine groups is 1. The maximum atomic E-state index is 13.1. The number of hydrogen-bond acceptors (Lipinski definition) is 9. The van der Waals surface area contributed by atoms with Crippen molar-refractivity contribution in [2.24, 2.45) is 33.7 Å². The van der Waals surface area contributed by atoms with E-state index >= 15 is 0 Å². The van der Waals surface area contributed by atoms with E-state index in [1.54, 1.807) is 0 Å². The van der Waals surface area contributed by atoms with E-state index in [0.717, 1.165) is 0 Å². The summed E-state index contributed by atoms with van der Waals surface area (Å²) in [6.07, 6.45) is 0.249. The minimum absolute atomic E-state index is 0.0469. The fourth-order valence-corrected chi connectivity index (χ4v) is 3.32. The zero-order valence-corrected chi connectivity index (χ0v) is 21.8. The van der Waals surface area contributed by atoms with Crippen LogP contribution in [0.25, 0.3) is 0 Å². The van der Waals surface area contributed by atoms with Gasteiger partial charge in [-0.15, -0.1) is 0 Å². The molecule has 222 valence electrons. The lowest BCUT2D eigenvalue weighted by Gasteiger charge is -2.25. The van der Waals surface area contributed by atoms with E-state index in [0.29, 0.717) is 19.4 Å². The van der Waals surface area contributed by atoms with Crippen LogP contribution in [0.15, 0.2) is 4.99 Å². The molecule has 0 saturated heterocycles. The highest BCUT2D eigenvalue weighted by atomic mass is 16.4. The first-order valence-electron chi connectivity index (χ1n) is 12.4. The second kappa shape index (κ2) is 19.1. The molecule has 0 spiro atoms. The van der Waals surface area contributed by atoms with Gasteiger partial charge in [-0.05, 0) is 45.1 Å².